The predicted octanol–water partition coefficient (Wildman–Crippen LogP) is 5.49. The van der Waals surface area contributed by atoms with Crippen LogP contribution in [-0.4, -0.2) is 35.3 Å². The second-order valence-electron chi connectivity index (χ2n) is 7.78. The average Bonchev–Trinajstić information content (AvgIpc) is 3.34. The van der Waals surface area contributed by atoms with Gasteiger partial charge in [0.25, 0.3) is 5.91 Å². The standard InChI is InChI=1S/C27H19NO6S/c29-22(17-10-11-23-24(12-17)34-15-33-23)14-35-19-7-3-6-18(13-19)28-26(30)20-8-1-4-16-5-2-9-21(25(16)20)27(31)32/h1-13H,14-15H2,(H,28,30)(H,31,32). The fourth-order valence-corrected chi connectivity index (χ4v) is 4.72. The van der Waals surface area contributed by atoms with Gasteiger partial charge in [0.15, 0.2) is 17.3 Å². The molecular weight excluding hydrogens is 466 g/mol. The maximum absolute atomic E-state index is 13.1. The average molecular weight is 486 g/mol. The van der Waals surface area contributed by atoms with E-state index in [4.69, 9.17) is 9.47 Å². The molecule has 1 amide bonds. The van der Waals surface area contributed by atoms with E-state index in [0.29, 0.717) is 33.5 Å². The van der Waals surface area contributed by atoms with Crippen LogP contribution in [0, 0.1) is 0 Å². The fraction of sp³-hybridized carbons (Fsp3) is 0.0741. The number of rotatable bonds is 7. The molecule has 0 fully saturated rings. The first-order valence-electron chi connectivity index (χ1n) is 10.7. The van der Waals surface area contributed by atoms with Crippen LogP contribution in [-0.2, 0) is 0 Å². The van der Waals surface area contributed by atoms with Crippen molar-refractivity contribution in [1.82, 2.24) is 0 Å². The summed E-state index contributed by atoms with van der Waals surface area (Å²) < 4.78 is 10.6. The monoisotopic (exact) mass is 485 g/mol. The first-order valence-corrected chi connectivity index (χ1v) is 11.7. The lowest BCUT2D eigenvalue weighted by molar-refractivity contribution is 0.0698. The summed E-state index contributed by atoms with van der Waals surface area (Å²) >= 11 is 1.35. The number of hydrogen-bond donors (Lipinski definition) is 2. The van der Waals surface area contributed by atoms with E-state index in [9.17, 15) is 19.5 Å². The van der Waals surface area contributed by atoms with E-state index in [1.807, 2.05) is 6.07 Å². The molecule has 8 heteroatoms. The van der Waals surface area contributed by atoms with Crippen LogP contribution in [0.3, 0.4) is 0 Å². The number of ketones is 1. The van der Waals surface area contributed by atoms with E-state index in [1.165, 1.54) is 17.8 Å². The number of anilines is 1. The second kappa shape index (κ2) is 9.52. The summed E-state index contributed by atoms with van der Waals surface area (Å²) in [7, 11) is 0. The number of nitrogens with one attached hydrogen (secondary N) is 1. The minimum Gasteiger partial charge on any atom is -0.478 e. The van der Waals surface area contributed by atoms with E-state index in [1.54, 1.807) is 66.7 Å². The Bertz CT molecular complexity index is 1480. The minimum atomic E-state index is -1.10. The SMILES string of the molecule is O=C(CSc1cccc(NC(=O)c2cccc3cccc(C(=O)O)c23)c1)c1ccc2c(c1)OCO2. The number of aromatic carboxylic acids is 1. The normalized spacial score (nSPS) is 11.9. The van der Waals surface area contributed by atoms with E-state index in [2.05, 4.69) is 5.32 Å². The molecule has 0 aliphatic carbocycles. The zero-order valence-electron chi connectivity index (χ0n) is 18.3. The van der Waals surface area contributed by atoms with Crippen molar-refractivity contribution in [2.24, 2.45) is 0 Å². The van der Waals surface area contributed by atoms with Gasteiger partial charge in [0.1, 0.15) is 0 Å². The van der Waals surface area contributed by atoms with Crippen molar-refractivity contribution in [3.05, 3.63) is 95.6 Å². The summed E-state index contributed by atoms with van der Waals surface area (Å²) in [5.41, 5.74) is 1.42. The number of hydrogen-bond acceptors (Lipinski definition) is 6. The maximum atomic E-state index is 13.1. The Hall–Kier alpha value is -4.30. The molecule has 0 aromatic heterocycles. The lowest BCUT2D eigenvalue weighted by Gasteiger charge is -2.11. The van der Waals surface area contributed by atoms with Crippen molar-refractivity contribution in [2.75, 3.05) is 17.9 Å². The molecule has 174 valence electrons. The highest BCUT2D eigenvalue weighted by atomic mass is 32.2. The molecule has 4 aromatic rings. The van der Waals surface area contributed by atoms with Crippen LogP contribution in [0.25, 0.3) is 10.8 Å². The molecule has 35 heavy (non-hydrogen) atoms. The summed E-state index contributed by atoms with van der Waals surface area (Å²) in [6, 6.07) is 22.3. The third kappa shape index (κ3) is 4.69. The number of Topliss-reactive ketones (excluding diaryl/α,β-unsaturated/α-hetero) is 1. The van der Waals surface area contributed by atoms with Gasteiger partial charge in [-0.15, -0.1) is 11.8 Å². The summed E-state index contributed by atoms with van der Waals surface area (Å²) in [5, 5.41) is 13.5. The number of carboxylic acids is 1. The van der Waals surface area contributed by atoms with Crippen molar-refractivity contribution in [3.8, 4) is 11.5 Å². The molecule has 0 atom stereocenters. The second-order valence-corrected chi connectivity index (χ2v) is 8.83. The Morgan fingerprint density at radius 3 is 2.40 bits per heavy atom. The molecule has 4 aromatic carbocycles. The van der Waals surface area contributed by atoms with E-state index in [-0.39, 0.29) is 29.5 Å². The van der Waals surface area contributed by atoms with Crippen LogP contribution < -0.4 is 14.8 Å². The highest BCUT2D eigenvalue weighted by Gasteiger charge is 2.18. The first kappa shape index (κ1) is 22.5. The van der Waals surface area contributed by atoms with Crippen molar-refractivity contribution in [2.45, 2.75) is 4.90 Å². The first-order chi connectivity index (χ1) is 17.0. The van der Waals surface area contributed by atoms with Crippen LogP contribution in [0.2, 0.25) is 0 Å². The number of thioether (sulfide) groups is 1. The van der Waals surface area contributed by atoms with Gasteiger partial charge in [0, 0.05) is 27.1 Å². The third-order valence-electron chi connectivity index (χ3n) is 5.54. The smallest absolute Gasteiger partial charge is 0.336 e. The highest BCUT2D eigenvalue weighted by molar-refractivity contribution is 8.00. The minimum absolute atomic E-state index is 0.0558. The predicted molar refractivity (Wildman–Crippen MR) is 133 cm³/mol. The number of amides is 1. The fourth-order valence-electron chi connectivity index (χ4n) is 3.87. The number of carbonyl (C=O) groups is 3. The van der Waals surface area contributed by atoms with Gasteiger partial charge in [-0.2, -0.15) is 0 Å². The van der Waals surface area contributed by atoms with Crippen molar-refractivity contribution in [1.29, 1.82) is 0 Å². The Balaban J connectivity index is 1.30. The molecule has 0 unspecified atom stereocenters. The molecule has 0 spiro atoms. The molecule has 0 radical (unpaired) electrons. The Morgan fingerprint density at radius 2 is 1.60 bits per heavy atom. The summed E-state index contributed by atoms with van der Waals surface area (Å²) in [5.74, 6) is -0.171. The van der Waals surface area contributed by atoms with Gasteiger partial charge < -0.3 is 19.9 Å². The van der Waals surface area contributed by atoms with Gasteiger partial charge in [-0.3, -0.25) is 9.59 Å². The maximum Gasteiger partial charge on any atom is 0.336 e. The van der Waals surface area contributed by atoms with E-state index < -0.39 is 11.9 Å². The zero-order chi connectivity index (χ0) is 24.4. The molecule has 1 heterocycles. The number of fused-ring (bicyclic) bond motifs is 2. The van der Waals surface area contributed by atoms with Gasteiger partial charge in [0.2, 0.25) is 6.79 Å². The third-order valence-corrected chi connectivity index (χ3v) is 6.53. The Kier molecular flexibility index (Phi) is 6.12. The van der Waals surface area contributed by atoms with Gasteiger partial charge in [-0.25, -0.2) is 4.79 Å². The quantitative estimate of drug-likeness (QED) is 0.263. The topological polar surface area (TPSA) is 102 Å². The molecule has 5 rings (SSSR count). The van der Waals surface area contributed by atoms with E-state index >= 15 is 0 Å². The lowest BCUT2D eigenvalue weighted by atomic mass is 9.98. The molecule has 1 aliphatic rings. The van der Waals surface area contributed by atoms with Gasteiger partial charge >= 0.3 is 5.97 Å². The largest absolute Gasteiger partial charge is 0.478 e. The number of ether oxygens (including phenoxy) is 2. The molecule has 0 saturated carbocycles. The van der Waals surface area contributed by atoms with Crippen LogP contribution in [0.4, 0.5) is 5.69 Å². The number of carboxylic acid groups (broad SMARTS) is 1. The summed E-state index contributed by atoms with van der Waals surface area (Å²) in [4.78, 5) is 38.2. The number of carbonyl (C=O) groups excluding carboxylic acids is 2. The molecular formula is C27H19NO6S. The Morgan fingerprint density at radius 1 is 0.857 bits per heavy atom. The number of benzene rings is 4. The lowest BCUT2D eigenvalue weighted by Crippen LogP contribution is -2.13. The van der Waals surface area contributed by atoms with Gasteiger partial charge in [0.05, 0.1) is 11.3 Å². The van der Waals surface area contributed by atoms with Crippen molar-refractivity contribution in [3.63, 3.8) is 0 Å². The van der Waals surface area contributed by atoms with Crippen molar-refractivity contribution >= 4 is 45.9 Å². The van der Waals surface area contributed by atoms with Crippen LogP contribution in [0.1, 0.15) is 31.1 Å². The summed E-state index contributed by atoms with van der Waals surface area (Å²) in [6.45, 7) is 0.149. The van der Waals surface area contributed by atoms with Gasteiger partial charge in [-0.1, -0.05) is 30.3 Å². The molecule has 1 aliphatic heterocycles. The zero-order valence-corrected chi connectivity index (χ0v) is 19.1. The van der Waals surface area contributed by atoms with Gasteiger partial charge in [-0.05, 0) is 53.9 Å². The Labute approximate surface area is 204 Å². The molecule has 2 N–H and O–H groups in total. The molecule has 0 bridgehead atoms. The molecule has 7 nitrogen and oxygen atoms in total. The van der Waals surface area contributed by atoms with Crippen LogP contribution >= 0.6 is 11.8 Å². The van der Waals surface area contributed by atoms with Crippen molar-refractivity contribution < 1.29 is 29.0 Å². The van der Waals surface area contributed by atoms with Crippen LogP contribution in [0.5, 0.6) is 11.5 Å². The highest BCUT2D eigenvalue weighted by Crippen LogP contribution is 2.33. The molecule has 0 saturated heterocycles. The van der Waals surface area contributed by atoms with Crippen LogP contribution in [0.15, 0.2) is 83.8 Å². The summed E-state index contributed by atoms with van der Waals surface area (Å²) in [6.07, 6.45) is 0. The van der Waals surface area contributed by atoms with E-state index in [0.717, 1.165) is 4.90 Å².